The van der Waals surface area contributed by atoms with Crippen LogP contribution in [-0.2, 0) is 15.6 Å². The Bertz CT molecular complexity index is 1560. The second-order valence-electron chi connectivity index (χ2n) is 8.59. The van der Waals surface area contributed by atoms with Gasteiger partial charge in [0.25, 0.3) is 11.8 Å². The number of benzene rings is 2. The first-order valence-corrected chi connectivity index (χ1v) is 13.2. The van der Waals surface area contributed by atoms with Crippen LogP contribution in [-0.4, -0.2) is 62.6 Å². The summed E-state index contributed by atoms with van der Waals surface area (Å²) in [5.41, 5.74) is 1.29. The molecule has 2 aromatic carbocycles. The molecular formula is C27H25N3O6S. The third kappa shape index (κ3) is 4.92. The smallest absolute Gasteiger partial charge is 0.257 e. The zero-order valence-corrected chi connectivity index (χ0v) is 21.1. The fourth-order valence-electron chi connectivity index (χ4n) is 4.25. The van der Waals surface area contributed by atoms with Gasteiger partial charge in [0.2, 0.25) is 0 Å². The molecule has 5 rings (SSSR count). The Hall–Kier alpha value is -4.18. The molecule has 4 aromatic rings. The molecule has 1 aliphatic heterocycles. The van der Waals surface area contributed by atoms with Crippen molar-refractivity contribution < 1.29 is 27.4 Å². The maximum atomic E-state index is 13.2. The minimum atomic E-state index is -3.70. The Kier molecular flexibility index (Phi) is 6.66. The predicted octanol–water partition coefficient (Wildman–Crippen LogP) is 3.52. The standard InChI is InChI=1S/C27H25N3O6S/c1-34-22-8-5-13-29-26(22)36-20-15-30(16-20)27(31)21-11-10-18(14-23(21)35-2)17-37(32,33)24-9-3-6-19-7-4-12-28-25(19)24/h3-14,20H,15-17H2,1-2H3. The van der Waals surface area contributed by atoms with E-state index >= 15 is 0 Å². The number of sulfone groups is 1. The zero-order valence-electron chi connectivity index (χ0n) is 20.3. The van der Waals surface area contributed by atoms with E-state index < -0.39 is 9.84 Å². The third-order valence-corrected chi connectivity index (χ3v) is 7.87. The molecule has 10 heteroatoms. The van der Waals surface area contributed by atoms with Crippen molar-refractivity contribution >= 4 is 26.6 Å². The number of aromatic nitrogens is 2. The molecule has 2 aromatic heterocycles. The quantitative estimate of drug-likeness (QED) is 0.348. The van der Waals surface area contributed by atoms with Crippen molar-refractivity contribution in [2.45, 2.75) is 16.8 Å². The van der Waals surface area contributed by atoms with Crippen LogP contribution in [0, 0.1) is 0 Å². The molecule has 9 nitrogen and oxygen atoms in total. The molecule has 0 saturated carbocycles. The molecule has 0 atom stereocenters. The average Bonchev–Trinajstić information content (AvgIpc) is 2.89. The minimum absolute atomic E-state index is 0.167. The van der Waals surface area contributed by atoms with Crippen LogP contribution in [0.25, 0.3) is 10.9 Å². The van der Waals surface area contributed by atoms with Gasteiger partial charge in [-0.15, -0.1) is 0 Å². The first-order chi connectivity index (χ1) is 17.9. The number of rotatable bonds is 8. The van der Waals surface area contributed by atoms with E-state index in [0.29, 0.717) is 47.1 Å². The van der Waals surface area contributed by atoms with Crippen LogP contribution in [0.1, 0.15) is 15.9 Å². The number of nitrogens with zero attached hydrogens (tertiary/aromatic N) is 3. The molecule has 0 radical (unpaired) electrons. The molecule has 0 aliphatic carbocycles. The summed E-state index contributed by atoms with van der Waals surface area (Å²) in [6.07, 6.45) is 2.98. The van der Waals surface area contributed by atoms with Crippen LogP contribution in [0.2, 0.25) is 0 Å². The van der Waals surface area contributed by atoms with Crippen LogP contribution in [0.3, 0.4) is 0 Å². The summed E-state index contributed by atoms with van der Waals surface area (Å²) in [4.78, 5) is 23.4. The summed E-state index contributed by atoms with van der Waals surface area (Å²) >= 11 is 0. The predicted molar refractivity (Wildman–Crippen MR) is 137 cm³/mol. The number of likely N-dealkylation sites (tertiary alicyclic amines) is 1. The van der Waals surface area contributed by atoms with Crippen molar-refractivity contribution in [1.82, 2.24) is 14.9 Å². The maximum absolute atomic E-state index is 13.2. The Morgan fingerprint density at radius 2 is 1.68 bits per heavy atom. The summed E-state index contributed by atoms with van der Waals surface area (Å²) in [5.74, 6) is 0.742. The molecule has 0 spiro atoms. The van der Waals surface area contributed by atoms with E-state index in [-0.39, 0.29) is 22.7 Å². The summed E-state index contributed by atoms with van der Waals surface area (Å²) in [5, 5.41) is 0.750. The Morgan fingerprint density at radius 3 is 2.46 bits per heavy atom. The van der Waals surface area contributed by atoms with Gasteiger partial charge < -0.3 is 19.1 Å². The summed E-state index contributed by atoms with van der Waals surface area (Å²) < 4.78 is 43.1. The first kappa shape index (κ1) is 24.5. The van der Waals surface area contributed by atoms with Gasteiger partial charge in [0.1, 0.15) is 11.9 Å². The zero-order chi connectivity index (χ0) is 26.0. The van der Waals surface area contributed by atoms with E-state index in [1.54, 1.807) is 72.9 Å². The van der Waals surface area contributed by atoms with Gasteiger partial charge in [-0.3, -0.25) is 9.78 Å². The van der Waals surface area contributed by atoms with Crippen molar-refractivity contribution in [2.75, 3.05) is 27.3 Å². The molecule has 0 bridgehead atoms. The van der Waals surface area contributed by atoms with E-state index in [1.165, 1.54) is 7.11 Å². The topological polar surface area (TPSA) is 108 Å². The lowest BCUT2D eigenvalue weighted by atomic mass is 10.1. The maximum Gasteiger partial charge on any atom is 0.257 e. The Morgan fingerprint density at radius 1 is 0.946 bits per heavy atom. The van der Waals surface area contributed by atoms with Gasteiger partial charge in [-0.2, -0.15) is 0 Å². The van der Waals surface area contributed by atoms with Gasteiger partial charge in [-0.1, -0.05) is 24.3 Å². The average molecular weight is 520 g/mol. The molecule has 1 amide bonds. The third-order valence-electron chi connectivity index (χ3n) is 6.15. The summed E-state index contributed by atoms with van der Waals surface area (Å²) in [6.45, 7) is 0.762. The number of carbonyl (C=O) groups is 1. The largest absolute Gasteiger partial charge is 0.496 e. The monoisotopic (exact) mass is 519 g/mol. The van der Waals surface area contributed by atoms with Crippen LogP contribution in [0.5, 0.6) is 17.4 Å². The lowest BCUT2D eigenvalue weighted by Crippen LogP contribution is -2.56. The van der Waals surface area contributed by atoms with Gasteiger partial charge in [0.05, 0.1) is 49.0 Å². The lowest BCUT2D eigenvalue weighted by Gasteiger charge is -2.39. The normalized spacial score (nSPS) is 13.7. The van der Waals surface area contributed by atoms with Gasteiger partial charge in [-0.25, -0.2) is 13.4 Å². The molecule has 190 valence electrons. The number of pyridine rings is 2. The number of carbonyl (C=O) groups excluding carboxylic acids is 1. The second-order valence-corrected chi connectivity index (χ2v) is 10.5. The summed E-state index contributed by atoms with van der Waals surface area (Å²) in [6, 6.07) is 17.0. The number of para-hydroxylation sites is 1. The molecular weight excluding hydrogens is 494 g/mol. The van der Waals surface area contributed by atoms with Crippen molar-refractivity contribution in [3.8, 4) is 17.4 Å². The van der Waals surface area contributed by atoms with Crippen LogP contribution in [0.15, 0.2) is 78.0 Å². The van der Waals surface area contributed by atoms with Crippen LogP contribution < -0.4 is 14.2 Å². The molecule has 37 heavy (non-hydrogen) atoms. The lowest BCUT2D eigenvalue weighted by molar-refractivity contribution is 0.0148. The molecule has 3 heterocycles. The van der Waals surface area contributed by atoms with Gasteiger partial charge >= 0.3 is 0 Å². The number of methoxy groups -OCH3 is 2. The highest BCUT2D eigenvalue weighted by Gasteiger charge is 2.35. The van der Waals surface area contributed by atoms with E-state index in [2.05, 4.69) is 9.97 Å². The van der Waals surface area contributed by atoms with E-state index in [4.69, 9.17) is 14.2 Å². The van der Waals surface area contributed by atoms with E-state index in [9.17, 15) is 13.2 Å². The van der Waals surface area contributed by atoms with E-state index in [1.807, 2.05) is 12.1 Å². The number of hydrogen-bond donors (Lipinski definition) is 0. The highest BCUT2D eigenvalue weighted by Crippen LogP contribution is 2.30. The van der Waals surface area contributed by atoms with Gasteiger partial charge in [0, 0.05) is 17.8 Å². The van der Waals surface area contributed by atoms with Gasteiger partial charge in [0.15, 0.2) is 15.6 Å². The summed E-state index contributed by atoms with van der Waals surface area (Å²) in [7, 11) is -0.702. The molecule has 1 aliphatic rings. The first-order valence-electron chi connectivity index (χ1n) is 11.6. The number of ether oxygens (including phenoxy) is 3. The van der Waals surface area contributed by atoms with E-state index in [0.717, 1.165) is 5.39 Å². The minimum Gasteiger partial charge on any atom is -0.496 e. The Labute approximate surface area is 214 Å². The molecule has 1 saturated heterocycles. The second kappa shape index (κ2) is 10.1. The number of hydrogen-bond acceptors (Lipinski definition) is 8. The van der Waals surface area contributed by atoms with Gasteiger partial charge in [-0.05, 0) is 42.0 Å². The van der Waals surface area contributed by atoms with Crippen molar-refractivity contribution in [3.63, 3.8) is 0 Å². The SMILES string of the molecule is COc1cc(CS(=O)(=O)c2cccc3cccnc23)ccc1C(=O)N1CC(Oc2ncccc2OC)C1. The van der Waals surface area contributed by atoms with Crippen molar-refractivity contribution in [1.29, 1.82) is 0 Å². The fourth-order valence-corrected chi connectivity index (χ4v) is 5.78. The van der Waals surface area contributed by atoms with Crippen LogP contribution >= 0.6 is 0 Å². The molecule has 0 unspecified atom stereocenters. The van der Waals surface area contributed by atoms with Crippen molar-refractivity contribution in [3.05, 3.63) is 84.2 Å². The highest BCUT2D eigenvalue weighted by atomic mass is 32.2. The highest BCUT2D eigenvalue weighted by molar-refractivity contribution is 7.90. The number of fused-ring (bicyclic) bond motifs is 1. The van der Waals surface area contributed by atoms with Crippen LogP contribution in [0.4, 0.5) is 0 Å². The molecule has 0 N–H and O–H groups in total. The number of amides is 1. The molecule has 1 fully saturated rings. The fraction of sp³-hybridized carbons (Fsp3) is 0.222. The Balaban J connectivity index is 1.29. The van der Waals surface area contributed by atoms with Crippen molar-refractivity contribution in [2.24, 2.45) is 0 Å².